The summed E-state index contributed by atoms with van der Waals surface area (Å²) in [7, 11) is 0. The van der Waals surface area contributed by atoms with Gasteiger partial charge in [0.15, 0.2) is 0 Å². The molecule has 0 fully saturated rings. The molecule has 0 spiro atoms. The van der Waals surface area contributed by atoms with E-state index in [1.165, 1.54) is 0 Å². The molecule has 1 aromatic rings. The minimum atomic E-state index is -2.71. The Morgan fingerprint density at radius 2 is 2.29 bits per heavy atom. The van der Waals surface area contributed by atoms with Crippen LogP contribution in [0.2, 0.25) is 0 Å². The summed E-state index contributed by atoms with van der Waals surface area (Å²) >= 11 is 3.13. The molecule has 74 valence electrons. The number of rotatable bonds is 2. The zero-order valence-corrected chi connectivity index (χ0v) is 8.98. The molecule has 0 saturated heterocycles. The fourth-order valence-electron chi connectivity index (χ4n) is 1.14. The molecule has 5 heteroatoms. The van der Waals surface area contributed by atoms with Crippen molar-refractivity contribution in [2.45, 2.75) is 18.7 Å². The Hall–Kier alpha value is -1.02. The zero-order chi connectivity index (χ0) is 10.7. The van der Waals surface area contributed by atoms with Gasteiger partial charge in [0.2, 0.25) is 0 Å². The summed E-state index contributed by atoms with van der Waals surface area (Å²) in [4.78, 5) is 3.70. The maximum atomic E-state index is 12.5. The van der Waals surface area contributed by atoms with Gasteiger partial charge in [0.25, 0.3) is 6.43 Å². The van der Waals surface area contributed by atoms with Gasteiger partial charge in [0.05, 0.1) is 11.3 Å². The lowest BCUT2D eigenvalue weighted by Crippen LogP contribution is -2.01. The second-order valence-corrected chi connectivity index (χ2v) is 3.30. The Bertz CT molecular complexity index is 385. The van der Waals surface area contributed by atoms with Gasteiger partial charge in [-0.3, -0.25) is 0 Å². The lowest BCUT2D eigenvalue weighted by atomic mass is 10.1. The van der Waals surface area contributed by atoms with E-state index in [-0.39, 0.29) is 5.56 Å². The molecule has 0 bridgehead atoms. The van der Waals surface area contributed by atoms with Crippen LogP contribution in [0.3, 0.4) is 0 Å². The van der Waals surface area contributed by atoms with Crippen LogP contribution in [0.1, 0.15) is 28.9 Å². The van der Waals surface area contributed by atoms with E-state index in [2.05, 4.69) is 20.9 Å². The summed E-state index contributed by atoms with van der Waals surface area (Å²) in [6, 6.07) is 3.36. The van der Waals surface area contributed by atoms with E-state index in [1.54, 1.807) is 19.1 Å². The first kappa shape index (κ1) is 11.1. The van der Waals surface area contributed by atoms with Crippen molar-refractivity contribution in [3.05, 3.63) is 28.6 Å². The molecule has 0 radical (unpaired) electrons. The quantitative estimate of drug-likeness (QED) is 0.767. The Morgan fingerprint density at radius 1 is 1.64 bits per heavy atom. The molecule has 0 saturated carbocycles. The van der Waals surface area contributed by atoms with Crippen LogP contribution in [0, 0.1) is 18.3 Å². The number of nitrogens with zero attached hydrogens (tertiary/aromatic N) is 2. The Labute approximate surface area is 88.7 Å². The monoisotopic (exact) mass is 260 g/mol. The van der Waals surface area contributed by atoms with Crippen LogP contribution in [-0.4, -0.2) is 4.98 Å². The van der Waals surface area contributed by atoms with E-state index < -0.39 is 12.1 Å². The number of nitriles is 1. The summed E-state index contributed by atoms with van der Waals surface area (Å²) in [5.74, 6) is 0. The van der Waals surface area contributed by atoms with Crippen molar-refractivity contribution < 1.29 is 8.78 Å². The number of hydrogen-bond donors (Lipinski definition) is 0. The third-order valence-electron chi connectivity index (χ3n) is 1.75. The van der Waals surface area contributed by atoms with E-state index in [0.717, 1.165) is 0 Å². The number of aromatic nitrogens is 1. The van der Waals surface area contributed by atoms with Crippen LogP contribution in [0.4, 0.5) is 8.78 Å². The standard InChI is InChI=1S/C9H7BrF2N2/c1-5-2-6(3-10)14-8(9(11)12)7(5)4-13/h2,9H,3H2,1H3. The average Bonchev–Trinajstić information content (AvgIpc) is 2.16. The third-order valence-corrected chi connectivity index (χ3v) is 2.33. The lowest BCUT2D eigenvalue weighted by Gasteiger charge is -2.06. The molecule has 0 N–H and O–H groups in total. The molecule has 1 aromatic heterocycles. The fraction of sp³-hybridized carbons (Fsp3) is 0.333. The van der Waals surface area contributed by atoms with E-state index in [4.69, 9.17) is 5.26 Å². The van der Waals surface area contributed by atoms with Crippen LogP contribution in [0.5, 0.6) is 0 Å². The van der Waals surface area contributed by atoms with Crippen molar-refractivity contribution in [2.75, 3.05) is 0 Å². The molecule has 2 nitrogen and oxygen atoms in total. The van der Waals surface area contributed by atoms with Crippen molar-refractivity contribution in [2.24, 2.45) is 0 Å². The first-order chi connectivity index (χ1) is 6.60. The molecule has 14 heavy (non-hydrogen) atoms. The Balaban J connectivity index is 3.37. The zero-order valence-electron chi connectivity index (χ0n) is 7.39. The maximum Gasteiger partial charge on any atom is 0.281 e. The molecule has 0 unspecified atom stereocenters. The van der Waals surface area contributed by atoms with Crippen LogP contribution in [0.15, 0.2) is 6.07 Å². The molecule has 0 aromatic carbocycles. The van der Waals surface area contributed by atoms with Crippen molar-refractivity contribution in [3.8, 4) is 6.07 Å². The SMILES string of the molecule is Cc1cc(CBr)nc(C(F)F)c1C#N. The Kier molecular flexibility index (Phi) is 3.53. The van der Waals surface area contributed by atoms with E-state index in [9.17, 15) is 8.78 Å². The molecule has 0 aliphatic rings. The molecule has 1 heterocycles. The third kappa shape index (κ3) is 2.07. The Morgan fingerprint density at radius 3 is 2.71 bits per heavy atom. The topological polar surface area (TPSA) is 36.7 Å². The minimum absolute atomic E-state index is 0.0234. The minimum Gasteiger partial charge on any atom is -0.250 e. The van der Waals surface area contributed by atoms with Crippen LogP contribution < -0.4 is 0 Å². The second-order valence-electron chi connectivity index (χ2n) is 2.74. The van der Waals surface area contributed by atoms with Gasteiger partial charge in [-0.25, -0.2) is 13.8 Å². The van der Waals surface area contributed by atoms with Gasteiger partial charge >= 0.3 is 0 Å². The predicted molar refractivity (Wildman–Crippen MR) is 51.3 cm³/mol. The summed E-state index contributed by atoms with van der Waals surface area (Å²) in [6.07, 6.45) is -2.71. The molecule has 0 aliphatic carbocycles. The highest BCUT2D eigenvalue weighted by Crippen LogP contribution is 2.24. The van der Waals surface area contributed by atoms with E-state index in [0.29, 0.717) is 16.6 Å². The van der Waals surface area contributed by atoms with Gasteiger partial charge in [-0.05, 0) is 18.6 Å². The van der Waals surface area contributed by atoms with E-state index in [1.807, 2.05) is 0 Å². The number of hydrogen-bond acceptors (Lipinski definition) is 2. The summed E-state index contributed by atoms with van der Waals surface area (Å²) in [6.45, 7) is 1.62. The molecule has 0 amide bonds. The smallest absolute Gasteiger partial charge is 0.250 e. The maximum absolute atomic E-state index is 12.5. The number of alkyl halides is 3. The molecule has 0 aliphatic heterocycles. The van der Waals surface area contributed by atoms with Gasteiger partial charge < -0.3 is 0 Å². The summed E-state index contributed by atoms with van der Waals surface area (Å²) in [5, 5.41) is 9.08. The van der Waals surface area contributed by atoms with Crippen molar-refractivity contribution in [3.63, 3.8) is 0 Å². The summed E-state index contributed by atoms with van der Waals surface area (Å²) < 4.78 is 25.0. The lowest BCUT2D eigenvalue weighted by molar-refractivity contribution is 0.145. The highest BCUT2D eigenvalue weighted by atomic mass is 79.9. The molecular weight excluding hydrogens is 254 g/mol. The molecule has 1 rings (SSSR count). The highest BCUT2D eigenvalue weighted by Gasteiger charge is 2.17. The van der Waals surface area contributed by atoms with Crippen LogP contribution in [0.25, 0.3) is 0 Å². The summed E-state index contributed by atoms with van der Waals surface area (Å²) in [5.41, 5.74) is 0.593. The van der Waals surface area contributed by atoms with Gasteiger partial charge in [0, 0.05) is 5.33 Å². The first-order valence-corrected chi connectivity index (χ1v) is 4.97. The largest absolute Gasteiger partial charge is 0.281 e. The number of halogens is 3. The number of pyridine rings is 1. The van der Waals surface area contributed by atoms with Crippen LogP contribution in [-0.2, 0) is 5.33 Å². The van der Waals surface area contributed by atoms with Gasteiger partial charge in [0.1, 0.15) is 11.8 Å². The molecule has 0 atom stereocenters. The normalized spacial score (nSPS) is 10.3. The van der Waals surface area contributed by atoms with Gasteiger partial charge in [-0.1, -0.05) is 15.9 Å². The van der Waals surface area contributed by atoms with E-state index >= 15 is 0 Å². The highest BCUT2D eigenvalue weighted by molar-refractivity contribution is 9.08. The average molecular weight is 261 g/mol. The van der Waals surface area contributed by atoms with Crippen molar-refractivity contribution in [1.82, 2.24) is 4.98 Å². The van der Waals surface area contributed by atoms with Crippen LogP contribution >= 0.6 is 15.9 Å². The first-order valence-electron chi connectivity index (χ1n) is 3.84. The predicted octanol–water partition coefficient (Wildman–Crippen LogP) is 3.09. The fourth-order valence-corrected chi connectivity index (χ4v) is 1.43. The number of aryl methyl sites for hydroxylation is 1. The second kappa shape index (κ2) is 4.47. The van der Waals surface area contributed by atoms with Gasteiger partial charge in [-0.15, -0.1) is 0 Å². The van der Waals surface area contributed by atoms with Crippen molar-refractivity contribution >= 4 is 15.9 Å². The molecular formula is C9H7BrF2N2. The van der Waals surface area contributed by atoms with Crippen molar-refractivity contribution in [1.29, 1.82) is 5.26 Å². The van der Waals surface area contributed by atoms with Gasteiger partial charge in [-0.2, -0.15) is 5.26 Å².